The first-order valence-corrected chi connectivity index (χ1v) is 7.19. The van der Waals surface area contributed by atoms with E-state index in [1.54, 1.807) is 11.7 Å². The Morgan fingerprint density at radius 2 is 2.35 bits per heavy atom. The molecule has 0 aromatic carbocycles. The lowest BCUT2D eigenvalue weighted by Crippen LogP contribution is -2.24. The summed E-state index contributed by atoms with van der Waals surface area (Å²) in [5, 5.41) is 22.2. The smallest absolute Gasteiger partial charge is 0.334 e. The third kappa shape index (κ3) is 3.09. The van der Waals surface area contributed by atoms with Crippen LogP contribution < -0.4 is 10.6 Å². The molecule has 1 saturated heterocycles. The first kappa shape index (κ1) is 14.8. The zero-order valence-electron chi connectivity index (χ0n) is 12.3. The average Bonchev–Trinajstić information content (AvgIpc) is 2.98. The second-order valence-corrected chi connectivity index (χ2v) is 5.63. The van der Waals surface area contributed by atoms with Gasteiger partial charge < -0.3 is 10.6 Å². The highest BCUT2D eigenvalue weighted by Gasteiger charge is 2.28. The fourth-order valence-corrected chi connectivity index (χ4v) is 2.67. The van der Waals surface area contributed by atoms with Gasteiger partial charge in [-0.1, -0.05) is 13.8 Å². The summed E-state index contributed by atoms with van der Waals surface area (Å²) in [6.07, 6.45) is 3.37. The summed E-state index contributed by atoms with van der Waals surface area (Å²) >= 11 is 0. The molecular weight excluding hydrogens is 258 g/mol. The van der Waals surface area contributed by atoms with Crippen LogP contribution >= 0.6 is 0 Å². The van der Waals surface area contributed by atoms with Crippen molar-refractivity contribution in [3.63, 3.8) is 0 Å². The highest BCUT2D eigenvalue weighted by Crippen LogP contribution is 2.32. The molecule has 0 amide bonds. The van der Waals surface area contributed by atoms with E-state index in [-0.39, 0.29) is 16.5 Å². The van der Waals surface area contributed by atoms with E-state index in [2.05, 4.69) is 15.7 Å². The minimum absolute atomic E-state index is 0.0358. The largest absolute Gasteiger partial charge is 0.364 e. The molecule has 0 radical (unpaired) electrons. The highest BCUT2D eigenvalue weighted by atomic mass is 16.6. The molecule has 0 saturated carbocycles. The minimum atomic E-state index is -0.335. The van der Waals surface area contributed by atoms with Gasteiger partial charge in [0, 0.05) is 25.6 Å². The predicted molar refractivity (Wildman–Crippen MR) is 78.1 cm³/mol. The molecule has 2 N–H and O–H groups in total. The van der Waals surface area contributed by atoms with Crippen LogP contribution in [0.5, 0.6) is 0 Å². The molecule has 1 aromatic heterocycles. The summed E-state index contributed by atoms with van der Waals surface area (Å²) in [7, 11) is 1.75. The lowest BCUT2D eigenvalue weighted by molar-refractivity contribution is -0.384. The Morgan fingerprint density at radius 1 is 1.60 bits per heavy atom. The zero-order chi connectivity index (χ0) is 14.7. The first-order chi connectivity index (χ1) is 9.50. The molecule has 20 heavy (non-hydrogen) atoms. The van der Waals surface area contributed by atoms with Gasteiger partial charge in [-0.2, -0.15) is 5.10 Å². The van der Waals surface area contributed by atoms with Crippen LogP contribution in [0.1, 0.15) is 44.7 Å². The standard InChI is InChI=1S/C13H23N5O2/c1-9(2)11-12(18(19)20)13(17(3)16-11)15-8-6-10-5-4-7-14-10/h9-10,14-15H,4-8H2,1-3H3. The Kier molecular flexibility index (Phi) is 4.59. The van der Waals surface area contributed by atoms with E-state index in [1.165, 1.54) is 12.8 Å². The Labute approximate surface area is 118 Å². The summed E-state index contributed by atoms with van der Waals surface area (Å²) in [6.45, 7) is 5.63. The lowest BCUT2D eigenvalue weighted by atomic mass is 10.1. The number of aromatic nitrogens is 2. The van der Waals surface area contributed by atoms with Gasteiger partial charge in [-0.3, -0.25) is 10.1 Å². The van der Waals surface area contributed by atoms with Crippen LogP contribution in [0.2, 0.25) is 0 Å². The molecule has 1 unspecified atom stereocenters. The van der Waals surface area contributed by atoms with Crippen LogP contribution in [-0.4, -0.2) is 33.8 Å². The Balaban J connectivity index is 2.07. The van der Waals surface area contributed by atoms with Crippen LogP contribution in [-0.2, 0) is 7.05 Å². The van der Waals surface area contributed by atoms with E-state index in [1.807, 2.05) is 13.8 Å². The van der Waals surface area contributed by atoms with Gasteiger partial charge in [0.15, 0.2) is 0 Å². The van der Waals surface area contributed by atoms with Gasteiger partial charge in [0.1, 0.15) is 5.69 Å². The molecule has 1 aliphatic heterocycles. The van der Waals surface area contributed by atoms with Crippen LogP contribution in [0.15, 0.2) is 0 Å². The fraction of sp³-hybridized carbons (Fsp3) is 0.769. The van der Waals surface area contributed by atoms with Crippen LogP contribution in [0.25, 0.3) is 0 Å². The number of nitrogens with one attached hydrogen (secondary N) is 2. The van der Waals surface area contributed by atoms with E-state index < -0.39 is 0 Å². The number of hydrogen-bond donors (Lipinski definition) is 2. The second kappa shape index (κ2) is 6.21. The molecule has 0 spiro atoms. The number of hydrogen-bond acceptors (Lipinski definition) is 5. The van der Waals surface area contributed by atoms with Crippen molar-refractivity contribution in [3.8, 4) is 0 Å². The van der Waals surface area contributed by atoms with Crippen LogP contribution in [0.3, 0.4) is 0 Å². The van der Waals surface area contributed by atoms with Crippen molar-refractivity contribution in [2.45, 2.75) is 45.1 Å². The van der Waals surface area contributed by atoms with Crippen molar-refractivity contribution in [3.05, 3.63) is 15.8 Å². The summed E-state index contributed by atoms with van der Waals surface area (Å²) in [5.41, 5.74) is 0.654. The summed E-state index contributed by atoms with van der Waals surface area (Å²) in [5.74, 6) is 0.547. The Bertz CT molecular complexity index is 477. The average molecular weight is 281 g/mol. The van der Waals surface area contributed by atoms with Gasteiger partial charge in [-0.15, -0.1) is 0 Å². The number of nitrogens with zero attached hydrogens (tertiary/aromatic N) is 3. The van der Waals surface area contributed by atoms with Gasteiger partial charge in [-0.05, 0) is 25.8 Å². The SMILES string of the molecule is CC(C)c1nn(C)c(NCCC2CCCN2)c1[N+](=O)[O-]. The van der Waals surface area contributed by atoms with Crippen molar-refractivity contribution in [1.82, 2.24) is 15.1 Å². The van der Waals surface area contributed by atoms with Gasteiger partial charge in [0.25, 0.3) is 0 Å². The number of nitro groups is 1. The molecular formula is C13H23N5O2. The fourth-order valence-electron chi connectivity index (χ4n) is 2.67. The maximum absolute atomic E-state index is 11.3. The molecule has 112 valence electrons. The quantitative estimate of drug-likeness (QED) is 0.615. The maximum Gasteiger partial charge on any atom is 0.334 e. The van der Waals surface area contributed by atoms with Gasteiger partial charge >= 0.3 is 5.69 Å². The topological polar surface area (TPSA) is 85.0 Å². The van der Waals surface area contributed by atoms with E-state index in [9.17, 15) is 10.1 Å². The number of rotatable bonds is 6. The van der Waals surface area contributed by atoms with Crippen molar-refractivity contribution >= 4 is 11.5 Å². The molecule has 7 nitrogen and oxygen atoms in total. The molecule has 2 rings (SSSR count). The molecule has 1 atom stereocenters. The normalized spacial score (nSPS) is 18.7. The summed E-state index contributed by atoms with van der Waals surface area (Å²) in [4.78, 5) is 10.9. The van der Waals surface area contributed by atoms with E-state index in [0.717, 1.165) is 19.5 Å². The highest BCUT2D eigenvalue weighted by molar-refractivity contribution is 5.60. The van der Waals surface area contributed by atoms with Gasteiger partial charge in [0.05, 0.1) is 4.92 Å². The van der Waals surface area contributed by atoms with E-state index in [0.29, 0.717) is 17.6 Å². The van der Waals surface area contributed by atoms with E-state index in [4.69, 9.17) is 0 Å². The van der Waals surface area contributed by atoms with Crippen LogP contribution in [0.4, 0.5) is 11.5 Å². The first-order valence-electron chi connectivity index (χ1n) is 7.19. The Hall–Kier alpha value is -1.63. The number of aryl methyl sites for hydroxylation is 1. The Morgan fingerprint density at radius 3 is 2.90 bits per heavy atom. The summed E-state index contributed by atoms with van der Waals surface area (Å²) < 4.78 is 1.58. The molecule has 2 heterocycles. The third-order valence-corrected chi connectivity index (χ3v) is 3.73. The van der Waals surface area contributed by atoms with Crippen molar-refractivity contribution in [1.29, 1.82) is 0 Å². The molecule has 1 aromatic rings. The predicted octanol–water partition coefficient (Wildman–Crippen LogP) is 2.01. The lowest BCUT2D eigenvalue weighted by Gasteiger charge is -2.11. The maximum atomic E-state index is 11.3. The van der Waals surface area contributed by atoms with Crippen LogP contribution in [0, 0.1) is 10.1 Å². The minimum Gasteiger partial charge on any atom is -0.364 e. The van der Waals surface area contributed by atoms with Crippen molar-refractivity contribution in [2.75, 3.05) is 18.4 Å². The number of anilines is 1. The van der Waals surface area contributed by atoms with Crippen molar-refractivity contribution < 1.29 is 4.92 Å². The third-order valence-electron chi connectivity index (χ3n) is 3.73. The molecule has 0 aliphatic carbocycles. The van der Waals surface area contributed by atoms with Gasteiger partial charge in [-0.25, -0.2) is 4.68 Å². The van der Waals surface area contributed by atoms with Gasteiger partial charge in [0.2, 0.25) is 5.82 Å². The molecule has 0 bridgehead atoms. The molecule has 7 heteroatoms. The monoisotopic (exact) mass is 281 g/mol. The second-order valence-electron chi connectivity index (χ2n) is 5.63. The zero-order valence-corrected chi connectivity index (χ0v) is 12.3. The van der Waals surface area contributed by atoms with Crippen molar-refractivity contribution in [2.24, 2.45) is 7.05 Å². The molecule has 1 aliphatic rings. The summed E-state index contributed by atoms with van der Waals surface area (Å²) in [6, 6.07) is 0.527. The van der Waals surface area contributed by atoms with E-state index >= 15 is 0 Å². The molecule has 1 fully saturated rings.